The zero-order valence-electron chi connectivity index (χ0n) is 68.4. The Kier molecular flexibility index (Phi) is 19.1. The lowest BCUT2D eigenvalue weighted by atomic mass is 9.79. The first-order chi connectivity index (χ1) is 60.2. The van der Waals surface area contributed by atoms with E-state index in [0.717, 1.165) is 70.2 Å². The highest BCUT2D eigenvalue weighted by atomic mass is 32.1. The van der Waals surface area contributed by atoms with E-state index in [1.165, 1.54) is 159 Å². The van der Waals surface area contributed by atoms with Gasteiger partial charge in [0.25, 0.3) is 0 Å². The van der Waals surface area contributed by atoms with Crippen molar-refractivity contribution >= 4 is 70.5 Å². The van der Waals surface area contributed by atoms with Crippen LogP contribution in [-0.4, -0.2) is 0 Å². The predicted molar refractivity (Wildman–Crippen MR) is 513 cm³/mol. The molecular weight excluding hydrogens is 1490 g/mol. The molecule has 0 fully saturated rings. The second kappa shape index (κ2) is 31.5. The molecule has 20 aromatic rings. The number of thiophene rings is 1. The summed E-state index contributed by atoms with van der Waals surface area (Å²) in [5, 5.41) is 4.80. The van der Waals surface area contributed by atoms with Crippen LogP contribution in [0.15, 0.2) is 435 Å². The van der Waals surface area contributed by atoms with Gasteiger partial charge in [-0.05, 0) is 231 Å². The van der Waals surface area contributed by atoms with Crippen LogP contribution >= 0.6 is 11.3 Å². The summed E-state index contributed by atoms with van der Waals surface area (Å²) in [5.74, 6) is 0.541. The van der Waals surface area contributed by atoms with E-state index >= 15 is 0 Å². The minimum Gasteiger partial charge on any atom is -0.456 e. The van der Waals surface area contributed by atoms with Crippen molar-refractivity contribution in [2.75, 3.05) is 4.90 Å². The third-order valence-corrected chi connectivity index (χ3v) is 27.7. The van der Waals surface area contributed by atoms with Gasteiger partial charge in [0.2, 0.25) is 0 Å². The maximum atomic E-state index is 6.40. The topological polar surface area (TPSA) is 16.4 Å². The standard InChI is InChI=1S/C119H89NOS/c1-119(2)111-66-60-92(74-109(111)100-64-59-94(76-112(100)119)106(85-33-14-6-15-34-85)69-78-26-8-3-9-27-78)98(86-54-50-83(51-55-86)81-29-10-4-11-30-81)62-48-79-49-63-104-108(70-79)99-42-18-19-44-103(99)117(104)95-38-23-36-89(72-95)90-37-24-41-97(73-90)120(96-39-16-7-17-40-96)113-46-25-45-105-110-75-93(61-67-116(110)122-118(105)113)107(87-56-52-84(53-57-87)82-31-12-5-13-32-82)71-80-28-22-35-88(68-80)91-58-65-102-101-43-20-21-47-114(101)121-115(102)77-91/h3-47,49-61,63-68,70,72-77,98,106-107,117H,48,62,69,71H2,1-2H3/t98?,106?,107-,117?/m0/s1. The van der Waals surface area contributed by atoms with Crippen LogP contribution in [0, 0.1) is 0 Å². The fourth-order valence-electron chi connectivity index (χ4n) is 20.2. The number of nitrogens with zero attached hydrogens (tertiary/aromatic N) is 1. The van der Waals surface area contributed by atoms with Crippen LogP contribution in [0.5, 0.6) is 0 Å². The molecule has 2 aliphatic carbocycles. The van der Waals surface area contributed by atoms with E-state index in [-0.39, 0.29) is 29.1 Å². The Labute approximate surface area is 718 Å². The Hall–Kier alpha value is -14.2. The first-order valence-corrected chi connectivity index (χ1v) is 43.9. The molecule has 0 amide bonds. The summed E-state index contributed by atoms with van der Waals surface area (Å²) in [5.41, 5.74) is 38.8. The molecule has 18 aromatic carbocycles. The van der Waals surface area contributed by atoms with Crippen LogP contribution in [0.1, 0.15) is 122 Å². The third-order valence-electron chi connectivity index (χ3n) is 26.5. The largest absolute Gasteiger partial charge is 0.456 e. The number of rotatable bonds is 21. The number of para-hydroxylation sites is 2. The van der Waals surface area contributed by atoms with Gasteiger partial charge in [-0.2, -0.15) is 0 Å². The van der Waals surface area contributed by atoms with E-state index < -0.39 is 0 Å². The summed E-state index contributed by atoms with van der Waals surface area (Å²) in [6.45, 7) is 4.86. The molecule has 0 saturated heterocycles. The normalized spacial score (nSPS) is 13.8. The van der Waals surface area contributed by atoms with Crippen molar-refractivity contribution < 1.29 is 4.42 Å². The van der Waals surface area contributed by atoms with Gasteiger partial charge in [-0.25, -0.2) is 0 Å². The summed E-state index contributed by atoms with van der Waals surface area (Å²) >= 11 is 1.89. The SMILES string of the molecule is CC1(C)c2ccc(C(CCc3ccc4c(c3)-c3ccccc3C4c3cccc(-c4cccc(N(c5ccccc5)c5cccc6c5sc5ccc([C@@H](Cc7cccc(-c8ccc9c(c8)oc8ccccc89)c7)c7ccc(-c8ccccc8)cc7)cc56)c4)c3)c3ccc(-c4ccccc4)cc3)cc2-c2ccc(C(Cc3ccccc3)c3ccccc3)cc21. The monoisotopic (exact) mass is 1580 g/mol. The molecule has 0 radical (unpaired) electrons. The van der Waals surface area contributed by atoms with E-state index in [9.17, 15) is 0 Å². The molecule has 2 aromatic heterocycles. The van der Waals surface area contributed by atoms with Crippen LogP contribution in [0.2, 0.25) is 0 Å². The number of aryl methyl sites for hydroxylation is 1. The van der Waals surface area contributed by atoms with Crippen molar-refractivity contribution in [1.82, 2.24) is 0 Å². The van der Waals surface area contributed by atoms with Crippen molar-refractivity contribution in [3.63, 3.8) is 0 Å². The lowest BCUT2D eigenvalue weighted by molar-refractivity contribution is 0.656. The summed E-state index contributed by atoms with van der Waals surface area (Å²) in [6, 6.07) is 162. The van der Waals surface area contributed by atoms with Gasteiger partial charge in [0.15, 0.2) is 0 Å². The molecule has 3 unspecified atom stereocenters. The van der Waals surface area contributed by atoms with E-state index in [1.54, 1.807) is 0 Å². The van der Waals surface area contributed by atoms with Crippen molar-refractivity contribution in [3.05, 3.63) is 509 Å². The van der Waals surface area contributed by atoms with Gasteiger partial charge in [-0.3, -0.25) is 0 Å². The quantitative estimate of drug-likeness (QED) is 0.0713. The summed E-state index contributed by atoms with van der Waals surface area (Å²) in [6.07, 6.45) is 3.65. The summed E-state index contributed by atoms with van der Waals surface area (Å²) in [4.78, 5) is 2.47. The Balaban J connectivity index is 0.566. The number of anilines is 3. The highest BCUT2D eigenvalue weighted by molar-refractivity contribution is 7.26. The fraction of sp³-hybridized carbons (Fsp3) is 0.0924. The van der Waals surface area contributed by atoms with E-state index in [2.05, 4.69) is 443 Å². The van der Waals surface area contributed by atoms with Crippen molar-refractivity contribution in [3.8, 4) is 66.8 Å². The second-order valence-corrected chi connectivity index (χ2v) is 35.1. The molecule has 122 heavy (non-hydrogen) atoms. The first-order valence-electron chi connectivity index (χ1n) is 43.1. The maximum Gasteiger partial charge on any atom is 0.136 e. The first kappa shape index (κ1) is 74.1. The number of hydrogen-bond donors (Lipinski definition) is 0. The average molecular weight is 1580 g/mol. The Morgan fingerprint density at radius 3 is 1.58 bits per heavy atom. The Morgan fingerprint density at radius 1 is 0.295 bits per heavy atom. The molecular formula is C119H89NOS. The van der Waals surface area contributed by atoms with Gasteiger partial charge in [0.05, 0.1) is 10.4 Å². The van der Waals surface area contributed by atoms with Crippen LogP contribution in [-0.2, 0) is 24.7 Å². The van der Waals surface area contributed by atoms with Crippen LogP contribution in [0.3, 0.4) is 0 Å². The van der Waals surface area contributed by atoms with Gasteiger partial charge in [0, 0.05) is 66.7 Å². The molecule has 4 atom stereocenters. The van der Waals surface area contributed by atoms with Crippen molar-refractivity contribution in [2.45, 2.75) is 68.6 Å². The van der Waals surface area contributed by atoms with Gasteiger partial charge < -0.3 is 9.32 Å². The van der Waals surface area contributed by atoms with Crippen LogP contribution in [0.4, 0.5) is 17.1 Å². The van der Waals surface area contributed by atoms with Crippen molar-refractivity contribution in [1.29, 1.82) is 0 Å². The Morgan fingerprint density at radius 2 is 0.820 bits per heavy atom. The Bertz CT molecular complexity index is 7290. The maximum absolute atomic E-state index is 6.40. The molecule has 0 spiro atoms. The van der Waals surface area contributed by atoms with Crippen LogP contribution < -0.4 is 4.90 Å². The van der Waals surface area contributed by atoms with Gasteiger partial charge in [-0.15, -0.1) is 11.3 Å². The van der Waals surface area contributed by atoms with Gasteiger partial charge >= 0.3 is 0 Å². The highest BCUT2D eigenvalue weighted by Gasteiger charge is 2.38. The van der Waals surface area contributed by atoms with E-state index in [1.807, 2.05) is 17.4 Å². The lowest BCUT2D eigenvalue weighted by Crippen LogP contribution is -2.16. The summed E-state index contributed by atoms with van der Waals surface area (Å²) in [7, 11) is 0. The molecule has 2 heterocycles. The van der Waals surface area contributed by atoms with Crippen LogP contribution in [0.25, 0.3) is 109 Å². The second-order valence-electron chi connectivity index (χ2n) is 34.0. The molecule has 22 rings (SSSR count). The summed E-state index contributed by atoms with van der Waals surface area (Å²) < 4.78 is 8.92. The minimum absolute atomic E-state index is 0.0708. The van der Waals surface area contributed by atoms with E-state index in [4.69, 9.17) is 4.42 Å². The minimum atomic E-state index is -0.167. The smallest absolute Gasteiger partial charge is 0.136 e. The third kappa shape index (κ3) is 13.8. The predicted octanol–water partition coefficient (Wildman–Crippen LogP) is 32.1. The number of furan rings is 1. The van der Waals surface area contributed by atoms with Crippen molar-refractivity contribution in [2.24, 2.45) is 0 Å². The zero-order valence-corrected chi connectivity index (χ0v) is 69.2. The molecule has 0 N–H and O–H groups in total. The fourth-order valence-corrected chi connectivity index (χ4v) is 21.4. The molecule has 2 nitrogen and oxygen atoms in total. The zero-order chi connectivity index (χ0) is 81.2. The highest BCUT2D eigenvalue weighted by Crippen LogP contribution is 2.54. The number of benzene rings is 18. The van der Waals surface area contributed by atoms with E-state index in [0.29, 0.717) is 0 Å². The van der Waals surface area contributed by atoms with Gasteiger partial charge in [-0.1, -0.05) is 384 Å². The van der Waals surface area contributed by atoms with Gasteiger partial charge in [0.1, 0.15) is 11.2 Å². The molecule has 0 saturated carbocycles. The molecule has 582 valence electrons. The number of hydrogen-bond acceptors (Lipinski definition) is 3. The molecule has 3 heteroatoms. The number of fused-ring (bicyclic) bond motifs is 12. The molecule has 0 bridgehead atoms. The average Bonchev–Trinajstić information content (AvgIpc) is 1.58. The molecule has 0 aliphatic heterocycles. The lowest BCUT2D eigenvalue weighted by Gasteiger charge is -2.26. The molecule has 2 aliphatic rings.